The van der Waals surface area contributed by atoms with Crippen LogP contribution in [-0.2, 0) is 0 Å². The Morgan fingerprint density at radius 1 is 0.800 bits per heavy atom. The molecule has 0 unspecified atom stereocenters. The monoisotopic (exact) mass is 282 g/mol. The lowest BCUT2D eigenvalue weighted by atomic mass is 10.3. The van der Waals surface area contributed by atoms with Gasteiger partial charge in [-0.1, -0.05) is 18.2 Å². The minimum Gasteiger partial charge on any atom is -0.361 e. The summed E-state index contributed by atoms with van der Waals surface area (Å²) < 4.78 is 0. The minimum atomic E-state index is 1.21. The van der Waals surface area contributed by atoms with E-state index in [1.54, 1.807) is 47.8 Å². The molecule has 0 aliphatic carbocycles. The van der Waals surface area contributed by atoms with Crippen molar-refractivity contribution in [2.24, 2.45) is 0 Å². The van der Waals surface area contributed by atoms with Gasteiger partial charge in [0.2, 0.25) is 0 Å². The Kier molecular flexibility index (Phi) is 5.94. The Bertz CT molecular complexity index is 603. The maximum Gasteiger partial charge on any atom is 0.0791 e. The van der Waals surface area contributed by atoms with Gasteiger partial charge in [-0.25, -0.2) is 0 Å². The van der Waals surface area contributed by atoms with Crippen molar-refractivity contribution in [2.75, 3.05) is 0 Å². The number of aromatic amines is 1. The van der Waals surface area contributed by atoms with Crippen LogP contribution >= 0.6 is 11.3 Å². The summed E-state index contributed by atoms with van der Waals surface area (Å²) in [6.07, 6.45) is 10.3. The van der Waals surface area contributed by atoms with Crippen LogP contribution < -0.4 is 0 Å². The maximum atomic E-state index is 3.74. The molecule has 0 aliphatic heterocycles. The number of H-pyrrole nitrogens is 1. The van der Waals surface area contributed by atoms with Gasteiger partial charge in [0, 0.05) is 48.1 Å². The molecule has 0 amide bonds. The third-order valence-corrected chi connectivity index (χ3v) is 2.81. The standard InChI is InChI=1S/C8H7N.C4H4N2.C3H3NS/c1-2-4-8-7(3-1)5-6-9-8;1-2-6-4-3-5-1;1-2-5-3-4-1/h1-6,9H;1-4H;1-3H. The molecule has 3 heterocycles. The number of rotatable bonds is 0. The highest BCUT2D eigenvalue weighted by Crippen LogP contribution is 2.09. The molecule has 4 nitrogen and oxygen atoms in total. The highest BCUT2D eigenvalue weighted by molar-refractivity contribution is 7.07. The van der Waals surface area contributed by atoms with E-state index in [9.17, 15) is 0 Å². The fourth-order valence-electron chi connectivity index (χ4n) is 1.42. The molecular weight excluding hydrogens is 268 g/mol. The lowest BCUT2D eigenvalue weighted by Gasteiger charge is -1.83. The topological polar surface area (TPSA) is 54.5 Å². The van der Waals surface area contributed by atoms with Gasteiger partial charge in [-0.3, -0.25) is 15.0 Å². The van der Waals surface area contributed by atoms with Crippen molar-refractivity contribution in [2.45, 2.75) is 0 Å². The molecule has 0 spiro atoms. The summed E-state index contributed by atoms with van der Waals surface area (Å²) in [6, 6.07) is 10.3. The lowest BCUT2D eigenvalue weighted by Crippen LogP contribution is -1.66. The molecule has 3 aromatic heterocycles. The number of hydrogen-bond donors (Lipinski definition) is 1. The van der Waals surface area contributed by atoms with E-state index in [0.717, 1.165) is 0 Å². The Morgan fingerprint density at radius 2 is 1.55 bits per heavy atom. The number of nitrogens with zero attached hydrogens (tertiary/aromatic N) is 3. The SMILES string of the molecule is c1ccc2[nH]ccc2c1.c1cnccn1.c1cscn1. The number of aromatic nitrogens is 4. The second-order valence-electron chi connectivity index (χ2n) is 3.64. The molecule has 5 heteroatoms. The summed E-state index contributed by atoms with van der Waals surface area (Å²) in [7, 11) is 0. The molecule has 100 valence electrons. The quantitative estimate of drug-likeness (QED) is 0.534. The van der Waals surface area contributed by atoms with Crippen LogP contribution in [-0.4, -0.2) is 19.9 Å². The van der Waals surface area contributed by atoms with E-state index < -0.39 is 0 Å². The highest BCUT2D eigenvalue weighted by Gasteiger charge is 1.86. The number of hydrogen-bond acceptors (Lipinski definition) is 4. The van der Waals surface area contributed by atoms with Gasteiger partial charge in [-0.05, 0) is 17.5 Å². The first kappa shape index (κ1) is 13.9. The molecule has 1 N–H and O–H groups in total. The average Bonchev–Trinajstić information content (AvgIpc) is 3.24. The van der Waals surface area contributed by atoms with E-state index in [0.29, 0.717) is 0 Å². The predicted molar refractivity (Wildman–Crippen MR) is 82.4 cm³/mol. The summed E-state index contributed by atoms with van der Waals surface area (Å²) in [4.78, 5) is 14.3. The summed E-state index contributed by atoms with van der Waals surface area (Å²) in [6.45, 7) is 0. The molecule has 4 rings (SSSR count). The number of thiazole rings is 1. The van der Waals surface area contributed by atoms with Crippen LogP contribution in [0.4, 0.5) is 0 Å². The molecule has 0 saturated carbocycles. The maximum absolute atomic E-state index is 3.74. The van der Waals surface area contributed by atoms with Crippen molar-refractivity contribution in [3.8, 4) is 0 Å². The first-order chi connectivity index (χ1) is 9.97. The average molecular weight is 282 g/mol. The molecule has 0 aliphatic rings. The molecule has 0 bridgehead atoms. The predicted octanol–water partition coefficient (Wildman–Crippen LogP) is 3.79. The zero-order valence-corrected chi connectivity index (χ0v) is 11.6. The molecule has 0 atom stereocenters. The zero-order chi connectivity index (χ0) is 13.9. The van der Waals surface area contributed by atoms with Gasteiger partial charge in [0.1, 0.15) is 0 Å². The summed E-state index contributed by atoms with van der Waals surface area (Å²) in [5, 5.41) is 3.21. The van der Waals surface area contributed by atoms with E-state index in [1.165, 1.54) is 10.9 Å². The smallest absolute Gasteiger partial charge is 0.0791 e. The zero-order valence-electron chi connectivity index (χ0n) is 10.8. The second kappa shape index (κ2) is 8.55. The molecule has 0 saturated heterocycles. The number of nitrogens with one attached hydrogen (secondary N) is 1. The third kappa shape index (κ3) is 4.99. The van der Waals surface area contributed by atoms with E-state index >= 15 is 0 Å². The van der Waals surface area contributed by atoms with E-state index in [2.05, 4.69) is 38.1 Å². The van der Waals surface area contributed by atoms with Crippen molar-refractivity contribution >= 4 is 22.2 Å². The third-order valence-electron chi connectivity index (χ3n) is 2.29. The van der Waals surface area contributed by atoms with Gasteiger partial charge >= 0.3 is 0 Å². The molecule has 20 heavy (non-hydrogen) atoms. The van der Waals surface area contributed by atoms with Gasteiger partial charge in [0.05, 0.1) is 5.51 Å². The van der Waals surface area contributed by atoms with Crippen LogP contribution in [0, 0.1) is 0 Å². The molecular formula is C15H14N4S. The van der Waals surface area contributed by atoms with Crippen molar-refractivity contribution < 1.29 is 0 Å². The van der Waals surface area contributed by atoms with Gasteiger partial charge in [0.15, 0.2) is 0 Å². The number of fused-ring (bicyclic) bond motifs is 1. The van der Waals surface area contributed by atoms with Crippen molar-refractivity contribution in [1.82, 2.24) is 19.9 Å². The van der Waals surface area contributed by atoms with Crippen molar-refractivity contribution in [1.29, 1.82) is 0 Å². The van der Waals surface area contributed by atoms with E-state index in [-0.39, 0.29) is 0 Å². The van der Waals surface area contributed by atoms with Gasteiger partial charge in [0.25, 0.3) is 0 Å². The largest absolute Gasteiger partial charge is 0.361 e. The lowest BCUT2D eigenvalue weighted by molar-refractivity contribution is 1.20. The fraction of sp³-hybridized carbons (Fsp3) is 0. The molecule has 4 aromatic rings. The Balaban J connectivity index is 0.000000117. The first-order valence-corrected chi connectivity index (χ1v) is 6.95. The van der Waals surface area contributed by atoms with Gasteiger partial charge in [-0.15, -0.1) is 11.3 Å². The van der Waals surface area contributed by atoms with Crippen LogP contribution in [0.5, 0.6) is 0 Å². The van der Waals surface area contributed by atoms with Gasteiger partial charge in [-0.2, -0.15) is 0 Å². The Morgan fingerprint density at radius 3 is 2.05 bits per heavy atom. The molecule has 0 radical (unpaired) electrons. The van der Waals surface area contributed by atoms with Crippen molar-refractivity contribution in [3.63, 3.8) is 0 Å². The van der Waals surface area contributed by atoms with E-state index in [1.807, 2.05) is 23.7 Å². The molecule has 0 fully saturated rings. The van der Waals surface area contributed by atoms with Crippen molar-refractivity contribution in [3.05, 3.63) is 78.4 Å². The number of benzene rings is 1. The fourth-order valence-corrected chi connectivity index (χ4v) is 1.78. The normalized spacial score (nSPS) is 9.00. The Hall–Kier alpha value is -2.53. The van der Waals surface area contributed by atoms with E-state index in [4.69, 9.17) is 0 Å². The van der Waals surface area contributed by atoms with Crippen LogP contribution in [0.1, 0.15) is 0 Å². The summed E-state index contributed by atoms with van der Waals surface area (Å²) in [5.41, 5.74) is 3.00. The summed E-state index contributed by atoms with van der Waals surface area (Å²) >= 11 is 1.60. The minimum absolute atomic E-state index is 1.21. The van der Waals surface area contributed by atoms with Gasteiger partial charge < -0.3 is 4.98 Å². The first-order valence-electron chi connectivity index (χ1n) is 6.01. The highest BCUT2D eigenvalue weighted by atomic mass is 32.1. The Labute approximate surface area is 121 Å². The van der Waals surface area contributed by atoms with Crippen LogP contribution in [0.25, 0.3) is 10.9 Å². The summed E-state index contributed by atoms with van der Waals surface area (Å²) in [5.74, 6) is 0. The van der Waals surface area contributed by atoms with Crippen LogP contribution in [0.2, 0.25) is 0 Å². The molecule has 1 aromatic carbocycles. The number of para-hydroxylation sites is 1. The van der Waals surface area contributed by atoms with Crippen LogP contribution in [0.15, 0.2) is 78.4 Å². The second-order valence-corrected chi connectivity index (χ2v) is 4.39. The van der Waals surface area contributed by atoms with Crippen LogP contribution in [0.3, 0.4) is 0 Å².